The van der Waals surface area contributed by atoms with Crippen LogP contribution in [0.4, 0.5) is 0 Å². The van der Waals surface area contributed by atoms with Gasteiger partial charge in [-0.25, -0.2) is 0 Å². The predicted molar refractivity (Wildman–Crippen MR) is 77.6 cm³/mol. The van der Waals surface area contributed by atoms with Crippen molar-refractivity contribution >= 4 is 5.91 Å². The second-order valence-corrected chi connectivity index (χ2v) is 6.77. The Morgan fingerprint density at radius 3 is 2.81 bits per heavy atom. The normalized spacial score (nSPS) is 30.0. The number of carbonyl (C=O) groups excluding carboxylic acids is 1. The molecule has 0 unspecified atom stereocenters. The van der Waals surface area contributed by atoms with Crippen molar-refractivity contribution in [3.63, 3.8) is 0 Å². The van der Waals surface area contributed by atoms with Gasteiger partial charge in [0, 0.05) is 25.7 Å². The molecule has 1 amide bonds. The van der Waals surface area contributed by atoms with Crippen molar-refractivity contribution in [3.8, 4) is 0 Å². The summed E-state index contributed by atoms with van der Waals surface area (Å²) in [7, 11) is 1.93. The number of carbonyl (C=O) groups is 1. The minimum absolute atomic E-state index is 0.196. The first-order valence-electron chi connectivity index (χ1n) is 8.04. The number of fused-ring (bicyclic) bond motifs is 1. The zero-order chi connectivity index (χ0) is 14.6. The summed E-state index contributed by atoms with van der Waals surface area (Å²) in [6.45, 7) is 4.80. The Kier molecular flexibility index (Phi) is 3.03. The maximum atomic E-state index is 12.2. The van der Waals surface area contributed by atoms with Crippen LogP contribution in [0.25, 0.3) is 0 Å². The lowest BCUT2D eigenvalue weighted by Gasteiger charge is -2.35. The van der Waals surface area contributed by atoms with Crippen molar-refractivity contribution in [2.75, 3.05) is 20.1 Å². The Balaban J connectivity index is 1.55. The molecule has 0 radical (unpaired) electrons. The number of likely N-dealkylation sites (tertiary alicyclic amines) is 2. The molecule has 3 fully saturated rings. The van der Waals surface area contributed by atoms with Crippen molar-refractivity contribution in [2.24, 2.45) is 5.92 Å². The maximum Gasteiger partial charge on any atom is 0.227 e. The van der Waals surface area contributed by atoms with E-state index in [1.54, 1.807) is 0 Å². The van der Waals surface area contributed by atoms with Gasteiger partial charge in [-0.15, -0.1) is 10.2 Å². The Hall–Kier alpha value is -1.43. The molecule has 0 N–H and O–H groups in total. The maximum absolute atomic E-state index is 12.2. The number of aromatic nitrogens is 3. The number of amides is 1. The first kappa shape index (κ1) is 13.2. The number of hydrogen-bond acceptors (Lipinski definition) is 4. The number of hydrogen-bond donors (Lipinski definition) is 0. The fourth-order valence-corrected chi connectivity index (χ4v) is 4.02. The van der Waals surface area contributed by atoms with E-state index in [0.29, 0.717) is 18.0 Å². The first-order chi connectivity index (χ1) is 10.1. The molecular weight excluding hydrogens is 266 g/mol. The Morgan fingerprint density at radius 2 is 2.05 bits per heavy atom. The zero-order valence-corrected chi connectivity index (χ0v) is 12.8. The third-order valence-electron chi connectivity index (χ3n) is 5.24. The van der Waals surface area contributed by atoms with Crippen molar-refractivity contribution in [1.82, 2.24) is 24.6 Å². The van der Waals surface area contributed by atoms with E-state index in [1.807, 2.05) is 18.9 Å². The van der Waals surface area contributed by atoms with Gasteiger partial charge in [-0.1, -0.05) is 0 Å². The van der Waals surface area contributed by atoms with E-state index in [2.05, 4.69) is 19.7 Å². The molecule has 3 heterocycles. The lowest BCUT2D eigenvalue weighted by molar-refractivity contribution is -0.130. The van der Waals surface area contributed by atoms with Crippen molar-refractivity contribution in [2.45, 2.75) is 51.2 Å². The van der Waals surface area contributed by atoms with Crippen LogP contribution >= 0.6 is 0 Å². The van der Waals surface area contributed by atoms with E-state index < -0.39 is 0 Å². The molecule has 1 saturated carbocycles. The standard InChI is InChI=1S/C15H23N5O/c1-10-16-17-14(20(10)11-5-6-11)9-19-7-3-4-12-13(19)8-18(2)15(12)21/h11-13H,3-9H2,1-2H3/t12-,13-/m1/s1. The number of rotatable bonds is 3. The molecule has 2 saturated heterocycles. The number of aryl methyl sites for hydroxylation is 1. The van der Waals surface area contributed by atoms with Crippen molar-refractivity contribution < 1.29 is 4.79 Å². The van der Waals surface area contributed by atoms with E-state index in [-0.39, 0.29) is 5.92 Å². The fourth-order valence-electron chi connectivity index (χ4n) is 4.02. The molecule has 4 rings (SSSR count). The Morgan fingerprint density at radius 1 is 1.24 bits per heavy atom. The molecule has 1 aromatic heterocycles. The summed E-state index contributed by atoms with van der Waals surface area (Å²) in [5.41, 5.74) is 0. The first-order valence-corrected chi connectivity index (χ1v) is 8.04. The van der Waals surface area contributed by atoms with E-state index in [9.17, 15) is 4.79 Å². The highest BCUT2D eigenvalue weighted by Gasteiger charge is 2.44. The van der Waals surface area contributed by atoms with E-state index in [0.717, 1.165) is 44.1 Å². The van der Waals surface area contributed by atoms with Gasteiger partial charge >= 0.3 is 0 Å². The SMILES string of the molecule is Cc1nnc(CN2CCC[C@H]3C(=O)N(C)C[C@H]32)n1C1CC1. The molecule has 0 bridgehead atoms. The predicted octanol–water partition coefficient (Wildman–Crippen LogP) is 0.974. The molecule has 0 spiro atoms. The Labute approximate surface area is 125 Å². The molecule has 6 nitrogen and oxygen atoms in total. The van der Waals surface area contributed by atoms with Gasteiger partial charge < -0.3 is 9.47 Å². The minimum atomic E-state index is 0.196. The summed E-state index contributed by atoms with van der Waals surface area (Å²) in [5, 5.41) is 8.66. The van der Waals surface area contributed by atoms with Crippen LogP contribution < -0.4 is 0 Å². The van der Waals surface area contributed by atoms with Gasteiger partial charge in [0.1, 0.15) is 11.6 Å². The summed E-state index contributed by atoms with van der Waals surface area (Å²) in [5.74, 6) is 2.63. The van der Waals surface area contributed by atoms with Gasteiger partial charge in [-0.05, 0) is 39.2 Å². The highest BCUT2D eigenvalue weighted by molar-refractivity contribution is 5.81. The third-order valence-corrected chi connectivity index (χ3v) is 5.24. The topological polar surface area (TPSA) is 54.3 Å². The number of nitrogens with zero attached hydrogens (tertiary/aromatic N) is 5. The average molecular weight is 289 g/mol. The van der Waals surface area contributed by atoms with Crippen LogP contribution in [0.1, 0.15) is 43.4 Å². The monoisotopic (exact) mass is 289 g/mol. The lowest BCUT2D eigenvalue weighted by Crippen LogP contribution is -2.45. The summed E-state index contributed by atoms with van der Waals surface area (Å²) in [4.78, 5) is 16.5. The van der Waals surface area contributed by atoms with Crippen molar-refractivity contribution in [3.05, 3.63) is 11.6 Å². The van der Waals surface area contributed by atoms with Crippen LogP contribution in [-0.4, -0.2) is 56.7 Å². The van der Waals surface area contributed by atoms with Crippen LogP contribution in [0.15, 0.2) is 0 Å². The van der Waals surface area contributed by atoms with E-state index >= 15 is 0 Å². The van der Waals surface area contributed by atoms with E-state index in [1.165, 1.54) is 12.8 Å². The van der Waals surface area contributed by atoms with Gasteiger partial charge in [-0.3, -0.25) is 9.69 Å². The smallest absolute Gasteiger partial charge is 0.227 e. The van der Waals surface area contributed by atoms with Crippen molar-refractivity contribution in [1.29, 1.82) is 0 Å². The van der Waals surface area contributed by atoms with E-state index in [4.69, 9.17) is 0 Å². The molecule has 1 aromatic rings. The summed E-state index contributed by atoms with van der Waals surface area (Å²) >= 11 is 0. The van der Waals surface area contributed by atoms with Gasteiger partial charge in [-0.2, -0.15) is 0 Å². The van der Waals surface area contributed by atoms with Gasteiger partial charge in [0.05, 0.1) is 12.5 Å². The summed E-state index contributed by atoms with van der Waals surface area (Å²) < 4.78 is 2.31. The van der Waals surface area contributed by atoms with Gasteiger partial charge in [0.15, 0.2) is 0 Å². The number of piperidine rings is 1. The molecular formula is C15H23N5O. The highest BCUT2D eigenvalue weighted by Crippen LogP contribution is 2.37. The van der Waals surface area contributed by atoms with Crippen LogP contribution in [0.3, 0.4) is 0 Å². The molecule has 2 atom stereocenters. The molecule has 2 aliphatic heterocycles. The average Bonchev–Trinajstić information content (AvgIpc) is 3.18. The quantitative estimate of drug-likeness (QED) is 0.832. The number of likely N-dealkylation sites (N-methyl/N-ethyl adjacent to an activating group) is 1. The summed E-state index contributed by atoms with van der Waals surface area (Å²) in [6.07, 6.45) is 4.65. The van der Waals surface area contributed by atoms with Crippen LogP contribution in [0.2, 0.25) is 0 Å². The minimum Gasteiger partial charge on any atom is -0.344 e. The second-order valence-electron chi connectivity index (χ2n) is 6.77. The highest BCUT2D eigenvalue weighted by atomic mass is 16.2. The molecule has 21 heavy (non-hydrogen) atoms. The second kappa shape index (κ2) is 4.80. The van der Waals surface area contributed by atoms with Gasteiger partial charge in [0.2, 0.25) is 5.91 Å². The zero-order valence-electron chi connectivity index (χ0n) is 12.8. The summed E-state index contributed by atoms with van der Waals surface area (Å²) in [6, 6.07) is 0.976. The lowest BCUT2D eigenvalue weighted by atomic mass is 9.91. The Bertz CT molecular complexity index is 564. The largest absolute Gasteiger partial charge is 0.344 e. The van der Waals surface area contributed by atoms with Crippen LogP contribution in [0, 0.1) is 12.8 Å². The molecule has 114 valence electrons. The fraction of sp³-hybridized carbons (Fsp3) is 0.800. The molecule has 3 aliphatic rings. The molecule has 0 aromatic carbocycles. The molecule has 6 heteroatoms. The van der Waals surface area contributed by atoms with Crippen LogP contribution in [0.5, 0.6) is 0 Å². The molecule has 1 aliphatic carbocycles. The van der Waals surface area contributed by atoms with Gasteiger partial charge in [0.25, 0.3) is 0 Å². The third kappa shape index (κ3) is 2.16. The van der Waals surface area contributed by atoms with Crippen LogP contribution in [-0.2, 0) is 11.3 Å².